The summed E-state index contributed by atoms with van der Waals surface area (Å²) in [5.74, 6) is -1.89. The first-order valence-corrected chi connectivity index (χ1v) is 6.81. The Morgan fingerprint density at radius 3 is 2.90 bits per heavy atom. The van der Waals surface area contributed by atoms with Crippen LogP contribution in [0.3, 0.4) is 0 Å². The Kier molecular flexibility index (Phi) is 4.62. The first-order chi connectivity index (χ1) is 9.61. The van der Waals surface area contributed by atoms with Crippen molar-refractivity contribution >= 4 is 22.7 Å². The molecule has 0 aliphatic rings. The zero-order valence-corrected chi connectivity index (χ0v) is 11.8. The Labute approximate surface area is 119 Å². The maximum absolute atomic E-state index is 14.0. The molecule has 7 heteroatoms. The van der Waals surface area contributed by atoms with E-state index < -0.39 is 11.6 Å². The zero-order chi connectivity index (χ0) is 14.5. The molecule has 0 saturated heterocycles. The zero-order valence-electron chi connectivity index (χ0n) is 11.0. The number of rotatable bonds is 5. The minimum Gasteiger partial charge on any atom is -0.488 e. The van der Waals surface area contributed by atoms with E-state index in [0.717, 1.165) is 11.8 Å². The maximum atomic E-state index is 14.0. The van der Waals surface area contributed by atoms with Gasteiger partial charge in [0.25, 0.3) is 0 Å². The van der Waals surface area contributed by atoms with Gasteiger partial charge >= 0.3 is 0 Å². The molecule has 106 valence electrons. The van der Waals surface area contributed by atoms with Crippen LogP contribution in [0.15, 0.2) is 22.6 Å². The van der Waals surface area contributed by atoms with Crippen LogP contribution in [0.25, 0.3) is 0 Å². The highest BCUT2D eigenvalue weighted by Crippen LogP contribution is 2.23. The number of aromatic nitrogens is 1. The molecule has 0 aliphatic carbocycles. The second-order valence-corrected chi connectivity index (χ2v) is 4.73. The molecule has 1 N–H and O–H groups in total. The average Bonchev–Trinajstić information content (AvgIpc) is 2.83. The van der Waals surface area contributed by atoms with Gasteiger partial charge in [-0.3, -0.25) is 5.43 Å². The average molecular weight is 297 g/mol. The summed E-state index contributed by atoms with van der Waals surface area (Å²) < 4.78 is 32.3. The van der Waals surface area contributed by atoms with Gasteiger partial charge in [0.1, 0.15) is 0 Å². The van der Waals surface area contributed by atoms with Crippen LogP contribution in [0.2, 0.25) is 0 Å². The van der Waals surface area contributed by atoms with Crippen molar-refractivity contribution in [2.45, 2.75) is 13.8 Å². The number of thiazole rings is 1. The molecular formula is C13H13F2N3OS. The van der Waals surface area contributed by atoms with Crippen molar-refractivity contribution in [1.29, 1.82) is 0 Å². The van der Waals surface area contributed by atoms with Gasteiger partial charge in [-0.05, 0) is 26.0 Å². The highest BCUT2D eigenvalue weighted by molar-refractivity contribution is 7.13. The van der Waals surface area contributed by atoms with Crippen LogP contribution in [-0.2, 0) is 0 Å². The Hall–Kier alpha value is -2.02. The lowest BCUT2D eigenvalue weighted by Crippen LogP contribution is -2.01. The molecule has 20 heavy (non-hydrogen) atoms. The third-order valence-corrected chi connectivity index (χ3v) is 3.22. The fourth-order valence-corrected chi connectivity index (χ4v) is 2.12. The van der Waals surface area contributed by atoms with Gasteiger partial charge < -0.3 is 4.74 Å². The van der Waals surface area contributed by atoms with E-state index in [1.54, 1.807) is 6.92 Å². The fourth-order valence-electron chi connectivity index (χ4n) is 1.49. The second kappa shape index (κ2) is 6.42. The van der Waals surface area contributed by atoms with E-state index in [-0.39, 0.29) is 17.9 Å². The van der Waals surface area contributed by atoms with E-state index >= 15 is 0 Å². The third kappa shape index (κ3) is 3.30. The summed E-state index contributed by atoms with van der Waals surface area (Å²) in [5, 5.41) is 6.34. The van der Waals surface area contributed by atoms with Gasteiger partial charge in [0.2, 0.25) is 5.13 Å². The molecule has 0 unspecified atom stereocenters. The number of ether oxygens (including phenoxy) is 1. The first-order valence-electron chi connectivity index (χ1n) is 5.93. The predicted octanol–water partition coefficient (Wildman–Crippen LogP) is 3.57. The molecule has 0 saturated carbocycles. The van der Waals surface area contributed by atoms with Gasteiger partial charge in [-0.1, -0.05) is 0 Å². The van der Waals surface area contributed by atoms with Crippen LogP contribution in [-0.4, -0.2) is 17.8 Å². The van der Waals surface area contributed by atoms with Crippen molar-refractivity contribution in [2.75, 3.05) is 12.0 Å². The van der Waals surface area contributed by atoms with Crippen LogP contribution in [0.4, 0.5) is 13.9 Å². The molecule has 2 rings (SSSR count). The molecule has 0 amide bonds. The van der Waals surface area contributed by atoms with Gasteiger partial charge in [-0.2, -0.15) is 5.10 Å². The quantitative estimate of drug-likeness (QED) is 0.678. The topological polar surface area (TPSA) is 46.5 Å². The maximum Gasteiger partial charge on any atom is 0.203 e. The van der Waals surface area contributed by atoms with E-state index in [0.29, 0.717) is 5.13 Å². The van der Waals surface area contributed by atoms with Gasteiger partial charge in [0.15, 0.2) is 17.4 Å². The number of halogens is 2. The Morgan fingerprint density at radius 1 is 1.45 bits per heavy atom. The Balaban J connectivity index is 2.14. The van der Waals surface area contributed by atoms with Gasteiger partial charge in [-0.25, -0.2) is 13.8 Å². The van der Waals surface area contributed by atoms with Crippen molar-refractivity contribution in [3.8, 4) is 5.75 Å². The SMILES string of the molecule is CCOc1c(F)ccc(C=NNc2nc(C)cs2)c1F. The van der Waals surface area contributed by atoms with Crippen molar-refractivity contribution in [3.05, 3.63) is 40.4 Å². The summed E-state index contributed by atoms with van der Waals surface area (Å²) in [6.07, 6.45) is 1.26. The normalized spacial score (nSPS) is 11.0. The lowest BCUT2D eigenvalue weighted by Gasteiger charge is -2.07. The van der Waals surface area contributed by atoms with Crippen LogP contribution in [0, 0.1) is 18.6 Å². The molecule has 0 radical (unpaired) electrons. The summed E-state index contributed by atoms with van der Waals surface area (Å²) in [4.78, 5) is 4.14. The molecule has 2 aromatic rings. The molecule has 0 atom stereocenters. The van der Waals surface area contributed by atoms with Crippen LogP contribution < -0.4 is 10.2 Å². The first kappa shape index (κ1) is 14.4. The van der Waals surface area contributed by atoms with Gasteiger partial charge in [-0.15, -0.1) is 11.3 Å². The molecule has 0 fully saturated rings. The lowest BCUT2D eigenvalue weighted by molar-refractivity contribution is 0.302. The van der Waals surface area contributed by atoms with Crippen molar-refractivity contribution in [3.63, 3.8) is 0 Å². The number of nitrogens with zero attached hydrogens (tertiary/aromatic N) is 2. The number of anilines is 1. The van der Waals surface area contributed by atoms with E-state index in [1.807, 2.05) is 12.3 Å². The summed E-state index contributed by atoms with van der Waals surface area (Å²) >= 11 is 1.39. The highest BCUT2D eigenvalue weighted by Gasteiger charge is 2.13. The molecular weight excluding hydrogens is 284 g/mol. The van der Waals surface area contributed by atoms with E-state index in [2.05, 4.69) is 15.5 Å². The fraction of sp³-hybridized carbons (Fsp3) is 0.231. The highest BCUT2D eigenvalue weighted by atomic mass is 32.1. The third-order valence-electron chi connectivity index (χ3n) is 2.35. The van der Waals surface area contributed by atoms with Crippen molar-refractivity contribution in [2.24, 2.45) is 5.10 Å². The number of hydrogen-bond donors (Lipinski definition) is 1. The molecule has 1 heterocycles. The van der Waals surface area contributed by atoms with Gasteiger partial charge in [0, 0.05) is 10.9 Å². The molecule has 0 spiro atoms. The van der Waals surface area contributed by atoms with E-state index in [4.69, 9.17) is 4.74 Å². The number of hydrogen-bond acceptors (Lipinski definition) is 5. The number of hydrazone groups is 1. The Bertz CT molecular complexity index is 628. The van der Waals surface area contributed by atoms with Crippen LogP contribution in [0.1, 0.15) is 18.2 Å². The molecule has 1 aromatic heterocycles. The molecule has 1 aromatic carbocycles. The number of nitrogens with one attached hydrogen (secondary N) is 1. The van der Waals surface area contributed by atoms with Crippen LogP contribution >= 0.6 is 11.3 Å². The van der Waals surface area contributed by atoms with Gasteiger partial charge in [0.05, 0.1) is 18.5 Å². The Morgan fingerprint density at radius 2 is 2.25 bits per heavy atom. The number of benzene rings is 1. The standard InChI is InChI=1S/C13H13F2N3OS/c1-3-19-12-10(14)5-4-9(11(12)15)6-16-18-13-17-8(2)7-20-13/h4-7H,3H2,1-2H3,(H,17,18). The van der Waals surface area contributed by atoms with E-state index in [1.165, 1.54) is 23.6 Å². The number of aryl methyl sites for hydroxylation is 1. The minimum atomic E-state index is -0.771. The van der Waals surface area contributed by atoms with Crippen molar-refractivity contribution in [1.82, 2.24) is 4.98 Å². The molecule has 0 aliphatic heterocycles. The summed E-state index contributed by atoms with van der Waals surface area (Å²) in [6, 6.07) is 2.44. The van der Waals surface area contributed by atoms with Crippen LogP contribution in [0.5, 0.6) is 5.75 Å². The summed E-state index contributed by atoms with van der Waals surface area (Å²) in [5.41, 5.74) is 3.69. The monoisotopic (exact) mass is 297 g/mol. The summed E-state index contributed by atoms with van der Waals surface area (Å²) in [6.45, 7) is 3.70. The second-order valence-electron chi connectivity index (χ2n) is 3.88. The largest absolute Gasteiger partial charge is 0.488 e. The smallest absolute Gasteiger partial charge is 0.203 e. The predicted molar refractivity (Wildman–Crippen MR) is 75.6 cm³/mol. The molecule has 4 nitrogen and oxygen atoms in total. The summed E-state index contributed by atoms with van der Waals surface area (Å²) in [7, 11) is 0. The lowest BCUT2D eigenvalue weighted by atomic mass is 10.2. The minimum absolute atomic E-state index is 0.135. The van der Waals surface area contributed by atoms with Crippen molar-refractivity contribution < 1.29 is 13.5 Å². The molecule has 0 bridgehead atoms. The van der Waals surface area contributed by atoms with E-state index in [9.17, 15) is 8.78 Å².